The van der Waals surface area contributed by atoms with Crippen molar-refractivity contribution in [3.8, 4) is 22.8 Å². The third-order valence-corrected chi connectivity index (χ3v) is 6.77. The van der Waals surface area contributed by atoms with E-state index < -0.39 is 11.9 Å². The van der Waals surface area contributed by atoms with Gasteiger partial charge in [-0.3, -0.25) is 9.59 Å². The van der Waals surface area contributed by atoms with Gasteiger partial charge in [0.25, 0.3) is 5.89 Å². The standard InChI is InChI=1S/C31H29N3O4/c1-31(2,3)25-11-8-20(9-12-25)27(35)18-24(30(36)37)16-19-4-6-21(7-5-19)28-33-29(38-34-28)23-10-13-26-22(17-23)14-15-32-26/h4-15,17,24,32H,16,18H2,1-3H3,(H,36,37)/t24-/m1/s1. The van der Waals surface area contributed by atoms with Gasteiger partial charge in [-0.25, -0.2) is 0 Å². The molecule has 0 bridgehead atoms. The minimum Gasteiger partial charge on any atom is -0.481 e. The van der Waals surface area contributed by atoms with Gasteiger partial charge in [-0.15, -0.1) is 0 Å². The summed E-state index contributed by atoms with van der Waals surface area (Å²) < 4.78 is 5.48. The average molecular weight is 508 g/mol. The van der Waals surface area contributed by atoms with Gasteiger partial charge < -0.3 is 14.6 Å². The minimum absolute atomic E-state index is 0.0166. The van der Waals surface area contributed by atoms with Gasteiger partial charge in [0.2, 0.25) is 5.82 Å². The Labute approximate surface area is 220 Å². The Kier molecular flexibility index (Phi) is 6.68. The molecule has 0 spiro atoms. The van der Waals surface area contributed by atoms with E-state index in [0.29, 0.717) is 17.3 Å². The maximum atomic E-state index is 12.8. The number of carbonyl (C=O) groups excluding carboxylic acids is 1. The van der Waals surface area contributed by atoms with Crippen LogP contribution in [0.25, 0.3) is 33.7 Å². The maximum Gasteiger partial charge on any atom is 0.307 e. The quantitative estimate of drug-likeness (QED) is 0.226. The molecule has 2 aromatic heterocycles. The first-order chi connectivity index (χ1) is 18.2. The number of hydrogen-bond donors (Lipinski definition) is 2. The number of nitrogens with zero attached hydrogens (tertiary/aromatic N) is 2. The number of carboxylic acids is 1. The SMILES string of the molecule is CC(C)(C)c1ccc(C(=O)C[C@@H](Cc2ccc(-c3noc(-c4ccc5[nH]ccc5c4)n3)cc2)C(=O)O)cc1. The van der Waals surface area contributed by atoms with Gasteiger partial charge in [-0.1, -0.05) is 74.5 Å². The fourth-order valence-electron chi connectivity index (χ4n) is 4.46. The van der Waals surface area contributed by atoms with Gasteiger partial charge in [0, 0.05) is 40.2 Å². The van der Waals surface area contributed by atoms with Crippen molar-refractivity contribution in [1.29, 1.82) is 0 Å². The highest BCUT2D eigenvalue weighted by Gasteiger charge is 2.23. The second-order valence-electron chi connectivity index (χ2n) is 10.6. The molecule has 5 aromatic rings. The van der Waals surface area contributed by atoms with Gasteiger partial charge in [0.15, 0.2) is 5.78 Å². The van der Waals surface area contributed by atoms with Crippen LogP contribution in [0.5, 0.6) is 0 Å². The summed E-state index contributed by atoms with van der Waals surface area (Å²) in [5.74, 6) is -1.12. The number of fused-ring (bicyclic) bond motifs is 1. The monoisotopic (exact) mass is 507 g/mol. The number of rotatable bonds is 8. The molecule has 2 heterocycles. The van der Waals surface area contributed by atoms with Crippen LogP contribution in [-0.4, -0.2) is 32.0 Å². The first-order valence-electron chi connectivity index (χ1n) is 12.5. The first kappa shape index (κ1) is 25.1. The fraction of sp³-hybridized carbons (Fsp3) is 0.226. The van der Waals surface area contributed by atoms with Crippen LogP contribution in [0.15, 0.2) is 83.5 Å². The van der Waals surface area contributed by atoms with Crippen LogP contribution in [0.4, 0.5) is 0 Å². The molecular formula is C31H29N3O4. The number of carboxylic acid groups (broad SMARTS) is 1. The zero-order chi connectivity index (χ0) is 26.9. The molecule has 38 heavy (non-hydrogen) atoms. The molecule has 3 aromatic carbocycles. The zero-order valence-electron chi connectivity index (χ0n) is 21.6. The molecule has 0 amide bonds. The highest BCUT2D eigenvalue weighted by atomic mass is 16.5. The van der Waals surface area contributed by atoms with Crippen molar-refractivity contribution in [2.24, 2.45) is 5.92 Å². The van der Waals surface area contributed by atoms with Crippen LogP contribution >= 0.6 is 0 Å². The number of H-pyrrole nitrogens is 1. The van der Waals surface area contributed by atoms with Crippen LogP contribution in [-0.2, 0) is 16.6 Å². The summed E-state index contributed by atoms with van der Waals surface area (Å²) in [6, 6.07) is 22.7. The van der Waals surface area contributed by atoms with E-state index in [9.17, 15) is 14.7 Å². The molecule has 0 aliphatic carbocycles. The first-order valence-corrected chi connectivity index (χ1v) is 12.5. The van der Waals surface area contributed by atoms with E-state index in [0.717, 1.165) is 33.2 Å². The molecule has 7 heteroatoms. The van der Waals surface area contributed by atoms with Crippen molar-refractivity contribution >= 4 is 22.7 Å². The number of hydrogen-bond acceptors (Lipinski definition) is 5. The number of benzene rings is 3. The molecule has 0 unspecified atom stereocenters. The van der Waals surface area contributed by atoms with Gasteiger partial charge >= 0.3 is 5.97 Å². The van der Waals surface area contributed by atoms with Crippen LogP contribution in [0.2, 0.25) is 0 Å². The van der Waals surface area contributed by atoms with Gasteiger partial charge in [-0.05, 0) is 47.2 Å². The van der Waals surface area contributed by atoms with Crippen molar-refractivity contribution in [2.75, 3.05) is 0 Å². The van der Waals surface area contributed by atoms with Gasteiger partial charge in [0.05, 0.1) is 5.92 Å². The normalized spacial score (nSPS) is 12.5. The Morgan fingerprint density at radius 1 is 0.947 bits per heavy atom. The number of Topliss-reactive ketones (excluding diaryl/α,β-unsaturated/α-hetero) is 1. The lowest BCUT2D eigenvalue weighted by molar-refractivity contribution is -0.141. The summed E-state index contributed by atoms with van der Waals surface area (Å²) in [5, 5.41) is 15.0. The van der Waals surface area contributed by atoms with Crippen LogP contribution in [0.1, 0.15) is 48.7 Å². The predicted molar refractivity (Wildman–Crippen MR) is 146 cm³/mol. The van der Waals surface area contributed by atoms with E-state index >= 15 is 0 Å². The third kappa shape index (κ3) is 5.42. The Morgan fingerprint density at radius 2 is 1.66 bits per heavy atom. The lowest BCUT2D eigenvalue weighted by atomic mass is 9.86. The lowest BCUT2D eigenvalue weighted by Crippen LogP contribution is -2.20. The van der Waals surface area contributed by atoms with Crippen LogP contribution < -0.4 is 0 Å². The van der Waals surface area contributed by atoms with Crippen molar-refractivity contribution in [1.82, 2.24) is 15.1 Å². The Hall–Kier alpha value is -4.52. The van der Waals surface area contributed by atoms with Gasteiger partial charge in [0.1, 0.15) is 0 Å². The van der Waals surface area contributed by atoms with Crippen molar-refractivity contribution < 1.29 is 19.2 Å². The summed E-state index contributed by atoms with van der Waals surface area (Å²) in [7, 11) is 0. The largest absolute Gasteiger partial charge is 0.481 e. The molecule has 0 aliphatic heterocycles. The van der Waals surface area contributed by atoms with E-state index in [2.05, 4.69) is 35.9 Å². The molecule has 0 saturated heterocycles. The molecular weight excluding hydrogens is 478 g/mol. The van der Waals surface area contributed by atoms with E-state index in [4.69, 9.17) is 4.52 Å². The van der Waals surface area contributed by atoms with Gasteiger partial charge in [-0.2, -0.15) is 4.98 Å². The number of aromatic amines is 1. The Balaban J connectivity index is 1.26. The summed E-state index contributed by atoms with van der Waals surface area (Å²) in [5.41, 5.74) is 5.07. The minimum atomic E-state index is -0.990. The van der Waals surface area contributed by atoms with Crippen LogP contribution in [0.3, 0.4) is 0 Å². The summed E-state index contributed by atoms with van der Waals surface area (Å²) >= 11 is 0. The van der Waals surface area contributed by atoms with E-state index in [-0.39, 0.29) is 24.0 Å². The molecule has 0 aliphatic rings. The topological polar surface area (TPSA) is 109 Å². The third-order valence-electron chi connectivity index (χ3n) is 6.77. The highest BCUT2D eigenvalue weighted by molar-refractivity contribution is 5.98. The summed E-state index contributed by atoms with van der Waals surface area (Å²) in [4.78, 5) is 32.5. The fourth-order valence-corrected chi connectivity index (χ4v) is 4.46. The van der Waals surface area contributed by atoms with Crippen LogP contribution in [0, 0.1) is 5.92 Å². The second kappa shape index (κ2) is 10.1. The van der Waals surface area contributed by atoms with E-state index in [1.54, 1.807) is 12.1 Å². The number of ketones is 1. The number of aromatic nitrogens is 3. The molecule has 0 fully saturated rings. The Morgan fingerprint density at radius 3 is 2.34 bits per heavy atom. The predicted octanol–water partition coefficient (Wildman–Crippen LogP) is 6.70. The summed E-state index contributed by atoms with van der Waals surface area (Å²) in [6.45, 7) is 6.32. The highest BCUT2D eigenvalue weighted by Crippen LogP contribution is 2.27. The molecule has 7 nitrogen and oxygen atoms in total. The Bertz CT molecular complexity index is 1590. The smallest absolute Gasteiger partial charge is 0.307 e. The molecule has 0 radical (unpaired) electrons. The number of carbonyl (C=O) groups is 2. The second-order valence-corrected chi connectivity index (χ2v) is 10.6. The number of nitrogens with one attached hydrogen (secondary N) is 1. The lowest BCUT2D eigenvalue weighted by Gasteiger charge is -2.19. The van der Waals surface area contributed by atoms with E-state index in [1.165, 1.54) is 0 Å². The van der Waals surface area contributed by atoms with E-state index in [1.807, 2.05) is 66.9 Å². The maximum absolute atomic E-state index is 12.8. The summed E-state index contributed by atoms with van der Waals surface area (Å²) in [6.07, 6.45) is 2.06. The van der Waals surface area contributed by atoms with Crippen molar-refractivity contribution in [3.63, 3.8) is 0 Å². The van der Waals surface area contributed by atoms with Crippen molar-refractivity contribution in [2.45, 2.75) is 39.0 Å². The zero-order valence-corrected chi connectivity index (χ0v) is 21.6. The molecule has 192 valence electrons. The molecule has 2 N–H and O–H groups in total. The average Bonchev–Trinajstić information content (AvgIpc) is 3.58. The van der Waals surface area contributed by atoms with Crippen molar-refractivity contribution in [3.05, 3.63) is 95.7 Å². The number of aliphatic carboxylic acids is 1. The molecule has 5 rings (SSSR count). The molecule has 1 atom stereocenters. The molecule has 0 saturated carbocycles.